The van der Waals surface area contributed by atoms with Crippen LogP contribution in [0.25, 0.3) is 11.3 Å². The van der Waals surface area contributed by atoms with Gasteiger partial charge in [-0.15, -0.1) is 0 Å². The molecule has 0 N–H and O–H groups in total. The molecule has 3 aromatic rings. The summed E-state index contributed by atoms with van der Waals surface area (Å²) in [5, 5.41) is 4.37. The van der Waals surface area contributed by atoms with E-state index >= 15 is 0 Å². The normalized spacial score (nSPS) is 10.9. The Kier molecular flexibility index (Phi) is 3.71. The number of benzene rings is 1. The predicted molar refractivity (Wildman–Crippen MR) is 80.4 cm³/mol. The zero-order valence-corrected chi connectivity index (χ0v) is 12.3. The van der Waals surface area contributed by atoms with Crippen molar-refractivity contribution in [2.45, 2.75) is 20.4 Å². The van der Waals surface area contributed by atoms with E-state index in [1.54, 1.807) is 29.3 Å². The van der Waals surface area contributed by atoms with Gasteiger partial charge < -0.3 is 0 Å². The lowest BCUT2D eigenvalue weighted by molar-refractivity contribution is 0.568. The first-order valence-electron chi connectivity index (χ1n) is 6.93. The molecule has 3 nitrogen and oxygen atoms in total. The van der Waals surface area contributed by atoms with Gasteiger partial charge in [0.1, 0.15) is 11.6 Å². The standard InChI is InChI=1S/C17H15F2N3/c1-11-5-13(9-20-8-11)10-22-4-3-17(21-22)14-6-15(18)12(2)16(19)7-14/h3-9H,10H2,1-2H3. The van der Waals surface area contributed by atoms with Crippen molar-refractivity contribution >= 4 is 0 Å². The first-order valence-corrected chi connectivity index (χ1v) is 6.93. The predicted octanol–water partition coefficient (Wildman–Crippen LogP) is 3.89. The van der Waals surface area contributed by atoms with Gasteiger partial charge >= 0.3 is 0 Å². The van der Waals surface area contributed by atoms with Crippen molar-refractivity contribution in [2.24, 2.45) is 0 Å². The van der Waals surface area contributed by atoms with Crippen molar-refractivity contribution in [1.82, 2.24) is 14.8 Å². The Morgan fingerprint density at radius 2 is 1.77 bits per heavy atom. The van der Waals surface area contributed by atoms with Crippen molar-refractivity contribution in [3.05, 3.63) is 71.2 Å². The molecule has 0 aliphatic carbocycles. The maximum absolute atomic E-state index is 13.6. The first-order chi connectivity index (χ1) is 10.5. The van der Waals surface area contributed by atoms with Gasteiger partial charge in [0.25, 0.3) is 0 Å². The summed E-state index contributed by atoms with van der Waals surface area (Å²) >= 11 is 0. The van der Waals surface area contributed by atoms with Crippen molar-refractivity contribution in [1.29, 1.82) is 0 Å². The van der Waals surface area contributed by atoms with E-state index in [0.717, 1.165) is 11.1 Å². The van der Waals surface area contributed by atoms with Crippen LogP contribution in [0.1, 0.15) is 16.7 Å². The van der Waals surface area contributed by atoms with Crippen molar-refractivity contribution in [3.8, 4) is 11.3 Å². The summed E-state index contributed by atoms with van der Waals surface area (Å²) in [4.78, 5) is 4.14. The van der Waals surface area contributed by atoms with E-state index in [-0.39, 0.29) is 5.56 Å². The average Bonchev–Trinajstić information content (AvgIpc) is 2.93. The third-order valence-electron chi connectivity index (χ3n) is 3.49. The van der Waals surface area contributed by atoms with E-state index in [2.05, 4.69) is 10.1 Å². The van der Waals surface area contributed by atoms with Gasteiger partial charge in [-0.1, -0.05) is 6.07 Å². The van der Waals surface area contributed by atoms with Crippen LogP contribution in [0.5, 0.6) is 0 Å². The minimum atomic E-state index is -0.563. The van der Waals surface area contributed by atoms with Gasteiger partial charge in [-0.2, -0.15) is 5.10 Å². The van der Waals surface area contributed by atoms with Crippen LogP contribution in [-0.2, 0) is 6.54 Å². The van der Waals surface area contributed by atoms with Gasteiger partial charge in [0, 0.05) is 29.7 Å². The molecule has 0 fully saturated rings. The lowest BCUT2D eigenvalue weighted by atomic mass is 10.1. The van der Waals surface area contributed by atoms with Gasteiger partial charge in [0.15, 0.2) is 0 Å². The Hall–Kier alpha value is -2.56. The second kappa shape index (κ2) is 5.67. The molecule has 0 bridgehead atoms. The Labute approximate surface area is 127 Å². The van der Waals surface area contributed by atoms with Gasteiger partial charge in [-0.05, 0) is 43.2 Å². The maximum atomic E-state index is 13.6. The summed E-state index contributed by atoms with van der Waals surface area (Å²) < 4.78 is 29.0. The largest absolute Gasteiger partial charge is 0.268 e. The number of hydrogen-bond donors (Lipinski definition) is 0. The number of aromatic nitrogens is 3. The Balaban J connectivity index is 1.88. The molecule has 0 spiro atoms. The Morgan fingerprint density at radius 1 is 1.05 bits per heavy atom. The molecule has 0 saturated heterocycles. The summed E-state index contributed by atoms with van der Waals surface area (Å²) in [5.74, 6) is -1.13. The summed E-state index contributed by atoms with van der Waals surface area (Å²) in [6, 6.07) is 6.38. The Morgan fingerprint density at radius 3 is 2.45 bits per heavy atom. The highest BCUT2D eigenvalue weighted by atomic mass is 19.1. The molecule has 3 rings (SSSR count). The lowest BCUT2D eigenvalue weighted by Gasteiger charge is -2.04. The molecule has 112 valence electrons. The van der Waals surface area contributed by atoms with Crippen LogP contribution in [0.15, 0.2) is 42.9 Å². The van der Waals surface area contributed by atoms with Gasteiger partial charge in [-0.3, -0.25) is 9.67 Å². The maximum Gasteiger partial charge on any atom is 0.129 e. The van der Waals surface area contributed by atoms with Crippen molar-refractivity contribution in [3.63, 3.8) is 0 Å². The summed E-state index contributed by atoms with van der Waals surface area (Å²) in [6.07, 6.45) is 5.35. The molecule has 0 unspecified atom stereocenters. The molecule has 0 amide bonds. The molecule has 0 radical (unpaired) electrons. The summed E-state index contributed by atoms with van der Waals surface area (Å²) in [6.45, 7) is 3.95. The van der Waals surface area contributed by atoms with Gasteiger partial charge in [0.2, 0.25) is 0 Å². The van der Waals surface area contributed by atoms with Crippen LogP contribution in [0.4, 0.5) is 8.78 Å². The first kappa shape index (κ1) is 14.4. The number of aryl methyl sites for hydroxylation is 1. The molecular formula is C17H15F2N3. The molecule has 0 aliphatic heterocycles. The molecule has 5 heteroatoms. The molecule has 2 aromatic heterocycles. The highest BCUT2D eigenvalue weighted by molar-refractivity contribution is 5.59. The fourth-order valence-electron chi connectivity index (χ4n) is 2.29. The number of rotatable bonds is 3. The second-order valence-electron chi connectivity index (χ2n) is 5.33. The smallest absolute Gasteiger partial charge is 0.129 e. The molecule has 0 aliphatic rings. The van der Waals surface area contributed by atoms with E-state index in [4.69, 9.17) is 0 Å². The molecular weight excluding hydrogens is 284 g/mol. The topological polar surface area (TPSA) is 30.7 Å². The number of nitrogens with zero attached hydrogens (tertiary/aromatic N) is 3. The van der Waals surface area contributed by atoms with Crippen LogP contribution in [-0.4, -0.2) is 14.8 Å². The van der Waals surface area contributed by atoms with Crippen LogP contribution in [0.3, 0.4) is 0 Å². The number of hydrogen-bond acceptors (Lipinski definition) is 2. The van der Waals surface area contributed by atoms with E-state index in [0.29, 0.717) is 17.8 Å². The van der Waals surface area contributed by atoms with Gasteiger partial charge in [0.05, 0.1) is 12.2 Å². The highest BCUT2D eigenvalue weighted by Gasteiger charge is 2.10. The minimum absolute atomic E-state index is 0.0222. The van der Waals surface area contributed by atoms with Crippen LogP contribution in [0, 0.1) is 25.5 Å². The third-order valence-corrected chi connectivity index (χ3v) is 3.49. The molecule has 0 atom stereocenters. The van der Waals surface area contributed by atoms with E-state index < -0.39 is 11.6 Å². The second-order valence-corrected chi connectivity index (χ2v) is 5.33. The Bertz CT molecular complexity index is 801. The van der Waals surface area contributed by atoms with E-state index in [1.807, 2.05) is 13.0 Å². The fraction of sp³-hybridized carbons (Fsp3) is 0.176. The highest BCUT2D eigenvalue weighted by Crippen LogP contribution is 2.22. The monoisotopic (exact) mass is 299 g/mol. The number of halogens is 2. The quantitative estimate of drug-likeness (QED) is 0.734. The van der Waals surface area contributed by atoms with Crippen LogP contribution < -0.4 is 0 Å². The van der Waals surface area contributed by atoms with Crippen molar-refractivity contribution in [2.75, 3.05) is 0 Å². The zero-order chi connectivity index (χ0) is 15.7. The van der Waals surface area contributed by atoms with Crippen LogP contribution >= 0.6 is 0 Å². The minimum Gasteiger partial charge on any atom is -0.268 e. The zero-order valence-electron chi connectivity index (χ0n) is 12.3. The van der Waals surface area contributed by atoms with E-state index in [9.17, 15) is 8.78 Å². The van der Waals surface area contributed by atoms with E-state index in [1.165, 1.54) is 19.1 Å². The third kappa shape index (κ3) is 2.88. The van der Waals surface area contributed by atoms with Crippen LogP contribution in [0.2, 0.25) is 0 Å². The lowest BCUT2D eigenvalue weighted by Crippen LogP contribution is -2.01. The SMILES string of the molecule is Cc1cncc(Cn2ccc(-c3cc(F)c(C)c(F)c3)n2)c1. The molecule has 22 heavy (non-hydrogen) atoms. The van der Waals surface area contributed by atoms with Gasteiger partial charge in [-0.25, -0.2) is 8.78 Å². The number of pyridine rings is 1. The van der Waals surface area contributed by atoms with Crippen molar-refractivity contribution < 1.29 is 8.78 Å². The fourth-order valence-corrected chi connectivity index (χ4v) is 2.29. The summed E-state index contributed by atoms with van der Waals surface area (Å²) in [7, 11) is 0. The molecule has 0 saturated carbocycles. The molecule has 1 aromatic carbocycles. The average molecular weight is 299 g/mol. The summed E-state index contributed by atoms with van der Waals surface area (Å²) in [5.41, 5.74) is 3.10. The molecule has 2 heterocycles.